The molecule has 1 rings (SSSR count). The highest BCUT2D eigenvalue weighted by molar-refractivity contribution is 4.91. The first-order chi connectivity index (χ1) is 5.89. The Morgan fingerprint density at radius 1 is 1.31 bits per heavy atom. The molecule has 1 unspecified atom stereocenters. The van der Waals surface area contributed by atoms with Gasteiger partial charge in [0.15, 0.2) is 5.60 Å². The van der Waals surface area contributed by atoms with Crippen molar-refractivity contribution in [2.24, 2.45) is 11.7 Å². The van der Waals surface area contributed by atoms with E-state index < -0.39 is 18.3 Å². The molecule has 0 aliphatic heterocycles. The lowest BCUT2D eigenvalue weighted by Crippen LogP contribution is -2.52. The fourth-order valence-electron chi connectivity index (χ4n) is 1.49. The Kier molecular flexibility index (Phi) is 2.87. The minimum atomic E-state index is -4.60. The number of halogens is 3. The van der Waals surface area contributed by atoms with Gasteiger partial charge in [-0.25, -0.2) is 0 Å². The highest BCUT2D eigenvalue weighted by Crippen LogP contribution is 2.40. The summed E-state index contributed by atoms with van der Waals surface area (Å²) < 4.78 is 36.9. The second kappa shape index (κ2) is 3.46. The molecule has 0 aromatic rings. The molecule has 0 spiro atoms. The molecule has 0 aromatic heterocycles. The van der Waals surface area contributed by atoms with Crippen LogP contribution in [0.5, 0.6) is 0 Å². The molecule has 3 N–H and O–H groups in total. The number of alkyl halides is 3. The van der Waals surface area contributed by atoms with Gasteiger partial charge in [-0.1, -0.05) is 19.3 Å². The van der Waals surface area contributed by atoms with Gasteiger partial charge in [0, 0.05) is 6.54 Å². The van der Waals surface area contributed by atoms with E-state index in [4.69, 9.17) is 5.73 Å². The molecule has 0 saturated heterocycles. The summed E-state index contributed by atoms with van der Waals surface area (Å²) in [6, 6.07) is 0. The van der Waals surface area contributed by atoms with Gasteiger partial charge in [0.05, 0.1) is 0 Å². The predicted molar refractivity (Wildman–Crippen MR) is 42.0 cm³/mol. The second-order valence-corrected chi connectivity index (χ2v) is 3.73. The highest BCUT2D eigenvalue weighted by atomic mass is 19.4. The van der Waals surface area contributed by atoms with Crippen LogP contribution in [-0.4, -0.2) is 23.4 Å². The number of aliphatic hydroxyl groups is 1. The van der Waals surface area contributed by atoms with Crippen molar-refractivity contribution in [3.05, 3.63) is 0 Å². The Labute approximate surface area is 74.9 Å². The van der Waals surface area contributed by atoms with Crippen LogP contribution in [0, 0.1) is 5.92 Å². The van der Waals surface area contributed by atoms with Crippen molar-refractivity contribution in [2.45, 2.75) is 37.5 Å². The van der Waals surface area contributed by atoms with Gasteiger partial charge in [-0.15, -0.1) is 0 Å². The molecule has 1 aliphatic carbocycles. The van der Waals surface area contributed by atoms with Crippen LogP contribution in [0.1, 0.15) is 25.7 Å². The Bertz CT molecular complexity index is 179. The van der Waals surface area contributed by atoms with E-state index in [1.54, 1.807) is 0 Å². The van der Waals surface area contributed by atoms with Gasteiger partial charge in [-0.05, 0) is 12.3 Å². The van der Waals surface area contributed by atoms with E-state index in [1.807, 2.05) is 0 Å². The number of hydrogen-bond acceptors (Lipinski definition) is 2. The molecule has 1 saturated carbocycles. The monoisotopic (exact) mass is 197 g/mol. The molecule has 5 heteroatoms. The summed E-state index contributed by atoms with van der Waals surface area (Å²) in [4.78, 5) is 0. The number of rotatable bonds is 3. The van der Waals surface area contributed by atoms with Crippen LogP contribution < -0.4 is 5.73 Å². The largest absolute Gasteiger partial charge is 0.418 e. The van der Waals surface area contributed by atoms with E-state index in [0.717, 1.165) is 19.3 Å². The second-order valence-electron chi connectivity index (χ2n) is 3.73. The zero-order chi connectivity index (χ0) is 10.1. The van der Waals surface area contributed by atoms with Crippen molar-refractivity contribution >= 4 is 0 Å². The summed E-state index contributed by atoms with van der Waals surface area (Å²) in [5.74, 6) is -0.00447. The van der Waals surface area contributed by atoms with E-state index in [-0.39, 0.29) is 12.3 Å². The average molecular weight is 197 g/mol. The highest BCUT2D eigenvalue weighted by Gasteiger charge is 2.53. The molecule has 1 aliphatic rings. The third-order valence-corrected chi connectivity index (χ3v) is 2.72. The molecular formula is C8H14F3NO. The normalized spacial score (nSPS) is 23.8. The van der Waals surface area contributed by atoms with Crippen molar-refractivity contribution in [2.75, 3.05) is 6.54 Å². The Morgan fingerprint density at radius 2 is 1.85 bits per heavy atom. The Balaban J connectivity index is 2.57. The predicted octanol–water partition coefficient (Wildman–Crippen LogP) is 1.43. The summed E-state index contributed by atoms with van der Waals surface area (Å²) >= 11 is 0. The van der Waals surface area contributed by atoms with E-state index in [2.05, 4.69) is 0 Å². The van der Waals surface area contributed by atoms with Gasteiger partial charge in [0.1, 0.15) is 0 Å². The Morgan fingerprint density at radius 3 is 2.08 bits per heavy atom. The van der Waals surface area contributed by atoms with Gasteiger partial charge in [-0.2, -0.15) is 13.2 Å². The van der Waals surface area contributed by atoms with Crippen LogP contribution in [0.2, 0.25) is 0 Å². The minimum absolute atomic E-state index is 0.00447. The summed E-state index contributed by atoms with van der Waals surface area (Å²) in [6.45, 7) is -0.743. The zero-order valence-electron chi connectivity index (χ0n) is 7.27. The molecule has 0 aromatic carbocycles. The maximum Gasteiger partial charge on any atom is 0.418 e. The summed E-state index contributed by atoms with van der Waals surface area (Å²) in [5, 5.41) is 9.24. The van der Waals surface area contributed by atoms with E-state index in [9.17, 15) is 18.3 Å². The molecule has 2 nitrogen and oxygen atoms in total. The summed E-state index contributed by atoms with van der Waals surface area (Å²) in [5.41, 5.74) is 2.28. The van der Waals surface area contributed by atoms with Gasteiger partial charge in [0.25, 0.3) is 0 Å². The standard InChI is InChI=1S/C8H14F3NO/c9-8(10,11)7(13,5-12)4-6-2-1-3-6/h6,13H,1-5,12H2. The van der Waals surface area contributed by atoms with Crippen LogP contribution in [0.15, 0.2) is 0 Å². The molecule has 1 atom stereocenters. The quantitative estimate of drug-likeness (QED) is 0.718. The van der Waals surface area contributed by atoms with Crippen LogP contribution in [0.3, 0.4) is 0 Å². The fourth-order valence-corrected chi connectivity index (χ4v) is 1.49. The smallest absolute Gasteiger partial charge is 0.379 e. The lowest BCUT2D eigenvalue weighted by molar-refractivity contribution is -0.263. The van der Waals surface area contributed by atoms with Gasteiger partial charge >= 0.3 is 6.18 Å². The fraction of sp³-hybridized carbons (Fsp3) is 1.00. The van der Waals surface area contributed by atoms with E-state index in [1.165, 1.54) is 0 Å². The molecule has 1 fully saturated rings. The molecule has 0 bridgehead atoms. The molecule has 78 valence electrons. The topological polar surface area (TPSA) is 46.2 Å². The first-order valence-electron chi connectivity index (χ1n) is 4.38. The number of nitrogens with two attached hydrogens (primary N) is 1. The van der Waals surface area contributed by atoms with Crippen LogP contribution in [0.4, 0.5) is 13.2 Å². The van der Waals surface area contributed by atoms with Gasteiger partial charge < -0.3 is 10.8 Å². The summed E-state index contributed by atoms with van der Waals surface area (Å²) in [7, 11) is 0. The van der Waals surface area contributed by atoms with Crippen molar-refractivity contribution < 1.29 is 18.3 Å². The van der Waals surface area contributed by atoms with Crippen LogP contribution >= 0.6 is 0 Å². The molecule has 0 radical (unpaired) electrons. The van der Waals surface area contributed by atoms with Crippen molar-refractivity contribution in [3.8, 4) is 0 Å². The number of hydrogen-bond donors (Lipinski definition) is 2. The Hall–Kier alpha value is -0.290. The lowest BCUT2D eigenvalue weighted by atomic mass is 9.77. The maximum atomic E-state index is 12.3. The summed E-state index contributed by atoms with van der Waals surface area (Å²) in [6.07, 6.45) is -2.33. The molecule has 13 heavy (non-hydrogen) atoms. The van der Waals surface area contributed by atoms with Crippen LogP contribution in [0.25, 0.3) is 0 Å². The van der Waals surface area contributed by atoms with Crippen LogP contribution in [-0.2, 0) is 0 Å². The first-order valence-corrected chi connectivity index (χ1v) is 4.38. The third-order valence-electron chi connectivity index (χ3n) is 2.72. The SMILES string of the molecule is NCC(O)(CC1CCC1)C(F)(F)F. The maximum absolute atomic E-state index is 12.3. The molecule has 0 heterocycles. The minimum Gasteiger partial charge on any atom is -0.379 e. The van der Waals surface area contributed by atoms with Crippen molar-refractivity contribution in [1.82, 2.24) is 0 Å². The molecular weight excluding hydrogens is 183 g/mol. The van der Waals surface area contributed by atoms with Crippen molar-refractivity contribution in [3.63, 3.8) is 0 Å². The van der Waals surface area contributed by atoms with Crippen molar-refractivity contribution in [1.29, 1.82) is 0 Å². The zero-order valence-corrected chi connectivity index (χ0v) is 7.27. The van der Waals surface area contributed by atoms with Gasteiger partial charge in [0.2, 0.25) is 0 Å². The lowest BCUT2D eigenvalue weighted by Gasteiger charge is -2.36. The van der Waals surface area contributed by atoms with E-state index in [0.29, 0.717) is 0 Å². The van der Waals surface area contributed by atoms with Gasteiger partial charge in [-0.3, -0.25) is 0 Å². The molecule has 0 amide bonds. The first kappa shape index (κ1) is 10.8. The third kappa shape index (κ3) is 2.14. The van der Waals surface area contributed by atoms with E-state index >= 15 is 0 Å². The average Bonchev–Trinajstić information content (AvgIpc) is 1.94.